The molecule has 0 aromatic heterocycles. The molecule has 1 heterocycles. The molecule has 2 rings (SSSR count). The van der Waals surface area contributed by atoms with Gasteiger partial charge in [0.05, 0.1) is 12.6 Å². The second kappa shape index (κ2) is 8.77. The maximum atomic E-state index is 12.5. The van der Waals surface area contributed by atoms with Crippen LogP contribution in [-0.2, 0) is 9.53 Å². The second-order valence-electron chi connectivity index (χ2n) is 5.54. The highest BCUT2D eigenvalue weighted by Gasteiger charge is 2.28. The van der Waals surface area contributed by atoms with E-state index in [0.29, 0.717) is 18.2 Å². The Hall–Kier alpha value is -1.75. The van der Waals surface area contributed by atoms with Crippen molar-refractivity contribution in [1.82, 2.24) is 10.2 Å². The van der Waals surface area contributed by atoms with Crippen LogP contribution in [-0.4, -0.2) is 36.6 Å². The molecule has 1 aliphatic heterocycles. The van der Waals surface area contributed by atoms with Gasteiger partial charge in [0, 0.05) is 11.6 Å². The predicted octanol–water partition coefficient (Wildman–Crippen LogP) is 3.53. The Morgan fingerprint density at radius 3 is 2.83 bits per heavy atom. The first-order chi connectivity index (χ1) is 11.1. The minimum atomic E-state index is -0.426. The average molecular weight is 339 g/mol. The Morgan fingerprint density at radius 2 is 2.09 bits per heavy atom. The van der Waals surface area contributed by atoms with Crippen molar-refractivity contribution in [3.63, 3.8) is 0 Å². The molecule has 5 nitrogen and oxygen atoms in total. The fourth-order valence-corrected chi connectivity index (χ4v) is 3.14. The number of carbonyl (C=O) groups is 2. The number of amides is 2. The number of benzene rings is 1. The molecular formula is C17H23ClN2O3. The van der Waals surface area contributed by atoms with Crippen LogP contribution in [0.25, 0.3) is 0 Å². The van der Waals surface area contributed by atoms with E-state index in [-0.39, 0.29) is 18.6 Å². The first kappa shape index (κ1) is 17.6. The summed E-state index contributed by atoms with van der Waals surface area (Å²) in [6, 6.07) is 7.31. The lowest BCUT2D eigenvalue weighted by Gasteiger charge is -2.31. The highest BCUT2D eigenvalue weighted by atomic mass is 35.5. The summed E-state index contributed by atoms with van der Waals surface area (Å²) in [6.07, 6.45) is 3.96. The fourth-order valence-electron chi connectivity index (χ4n) is 2.88. The van der Waals surface area contributed by atoms with E-state index in [1.165, 1.54) is 0 Å². The number of nitrogens with zero attached hydrogens (tertiary/aromatic N) is 1. The van der Waals surface area contributed by atoms with Crippen LogP contribution in [0.1, 0.15) is 44.2 Å². The van der Waals surface area contributed by atoms with Crippen LogP contribution in [0.4, 0.5) is 4.79 Å². The van der Waals surface area contributed by atoms with Gasteiger partial charge in [-0.1, -0.05) is 42.6 Å². The van der Waals surface area contributed by atoms with Gasteiger partial charge in [-0.3, -0.25) is 4.79 Å². The Bertz CT molecular complexity index is 550. The number of likely N-dealkylation sites (tertiary alicyclic amines) is 1. The van der Waals surface area contributed by atoms with E-state index < -0.39 is 5.97 Å². The van der Waals surface area contributed by atoms with E-state index >= 15 is 0 Å². The number of carbonyl (C=O) groups excluding carboxylic acids is 2. The molecule has 23 heavy (non-hydrogen) atoms. The van der Waals surface area contributed by atoms with Crippen molar-refractivity contribution in [3.05, 3.63) is 34.9 Å². The number of halogens is 1. The lowest BCUT2D eigenvalue weighted by molar-refractivity contribution is -0.141. The van der Waals surface area contributed by atoms with Crippen molar-refractivity contribution < 1.29 is 14.3 Å². The van der Waals surface area contributed by atoms with E-state index in [0.717, 1.165) is 31.2 Å². The third-order valence-corrected chi connectivity index (χ3v) is 4.31. The third kappa shape index (κ3) is 4.86. The third-order valence-electron chi connectivity index (χ3n) is 3.97. The first-order valence-corrected chi connectivity index (χ1v) is 8.45. The van der Waals surface area contributed by atoms with Gasteiger partial charge in [-0.05, 0) is 31.4 Å². The van der Waals surface area contributed by atoms with Crippen molar-refractivity contribution in [2.24, 2.45) is 0 Å². The maximum absolute atomic E-state index is 12.5. The summed E-state index contributed by atoms with van der Waals surface area (Å²) in [5.74, 6) is -0.426. The van der Waals surface area contributed by atoms with Crippen molar-refractivity contribution in [2.45, 2.75) is 38.6 Å². The summed E-state index contributed by atoms with van der Waals surface area (Å²) in [6.45, 7) is 2.59. The largest absolute Gasteiger partial charge is 0.465 e. The van der Waals surface area contributed by atoms with Crippen LogP contribution in [0, 0.1) is 0 Å². The number of rotatable bonds is 4. The van der Waals surface area contributed by atoms with Gasteiger partial charge in [0.15, 0.2) is 0 Å². The molecule has 1 N–H and O–H groups in total. The normalized spacial score (nSPS) is 18.2. The van der Waals surface area contributed by atoms with Crippen LogP contribution >= 0.6 is 11.6 Å². The SMILES string of the molecule is CCOC(=O)CNC(=O)N1CCCCCC1c1ccccc1Cl. The Morgan fingerprint density at radius 1 is 1.30 bits per heavy atom. The standard InChI is InChI=1S/C17H23ClN2O3/c1-2-23-16(21)12-19-17(22)20-11-7-3-4-10-15(20)13-8-5-6-9-14(13)18/h5-6,8-9,15H,2-4,7,10-12H2,1H3,(H,19,22). The Labute approximate surface area is 141 Å². The van der Waals surface area contributed by atoms with Gasteiger partial charge >= 0.3 is 12.0 Å². The van der Waals surface area contributed by atoms with Gasteiger partial charge in [-0.25, -0.2) is 4.79 Å². The van der Waals surface area contributed by atoms with Gasteiger partial charge in [0.25, 0.3) is 0 Å². The predicted molar refractivity (Wildman–Crippen MR) is 89.4 cm³/mol. The van der Waals surface area contributed by atoms with Gasteiger partial charge in [0.2, 0.25) is 0 Å². The lowest BCUT2D eigenvalue weighted by atomic mass is 10.0. The molecule has 1 aliphatic rings. The number of urea groups is 1. The zero-order chi connectivity index (χ0) is 16.7. The fraction of sp³-hybridized carbons (Fsp3) is 0.529. The molecule has 126 valence electrons. The van der Waals surface area contributed by atoms with Gasteiger partial charge in [-0.2, -0.15) is 0 Å². The van der Waals surface area contributed by atoms with Crippen LogP contribution in [0.3, 0.4) is 0 Å². The molecular weight excluding hydrogens is 316 g/mol. The molecule has 1 unspecified atom stereocenters. The highest BCUT2D eigenvalue weighted by molar-refractivity contribution is 6.31. The molecule has 1 aromatic rings. The summed E-state index contributed by atoms with van der Waals surface area (Å²) in [5, 5.41) is 3.32. The van der Waals surface area contributed by atoms with Crippen molar-refractivity contribution in [2.75, 3.05) is 19.7 Å². The summed E-state index contributed by atoms with van der Waals surface area (Å²) in [4.78, 5) is 25.7. The second-order valence-corrected chi connectivity index (χ2v) is 5.95. The monoisotopic (exact) mass is 338 g/mol. The highest BCUT2D eigenvalue weighted by Crippen LogP contribution is 2.34. The number of esters is 1. The summed E-state index contributed by atoms with van der Waals surface area (Å²) < 4.78 is 4.84. The van der Waals surface area contributed by atoms with E-state index in [1.807, 2.05) is 24.3 Å². The van der Waals surface area contributed by atoms with Crippen molar-refractivity contribution in [3.8, 4) is 0 Å². The quantitative estimate of drug-likeness (QED) is 0.854. The lowest BCUT2D eigenvalue weighted by Crippen LogP contribution is -2.44. The number of ether oxygens (including phenoxy) is 1. The molecule has 0 bridgehead atoms. The van der Waals surface area contributed by atoms with Gasteiger partial charge < -0.3 is 15.0 Å². The summed E-state index contributed by atoms with van der Waals surface area (Å²) >= 11 is 6.32. The summed E-state index contributed by atoms with van der Waals surface area (Å²) in [7, 11) is 0. The molecule has 0 radical (unpaired) electrons. The first-order valence-electron chi connectivity index (χ1n) is 8.08. The van der Waals surface area contributed by atoms with Crippen LogP contribution in [0.2, 0.25) is 5.02 Å². The maximum Gasteiger partial charge on any atom is 0.325 e. The van der Waals surface area contributed by atoms with Crippen LogP contribution < -0.4 is 5.32 Å². The number of nitrogens with one attached hydrogen (secondary N) is 1. The minimum absolute atomic E-state index is 0.0617. The molecule has 1 fully saturated rings. The zero-order valence-corrected chi connectivity index (χ0v) is 14.1. The van der Waals surface area contributed by atoms with Crippen molar-refractivity contribution >= 4 is 23.6 Å². The van der Waals surface area contributed by atoms with E-state index in [9.17, 15) is 9.59 Å². The molecule has 6 heteroatoms. The molecule has 0 saturated carbocycles. The van der Waals surface area contributed by atoms with E-state index in [1.54, 1.807) is 11.8 Å². The smallest absolute Gasteiger partial charge is 0.325 e. The van der Waals surface area contributed by atoms with Gasteiger partial charge in [-0.15, -0.1) is 0 Å². The Balaban J connectivity index is 2.10. The van der Waals surface area contributed by atoms with E-state index in [2.05, 4.69) is 5.32 Å². The van der Waals surface area contributed by atoms with Crippen LogP contribution in [0.15, 0.2) is 24.3 Å². The zero-order valence-electron chi connectivity index (χ0n) is 13.4. The van der Waals surface area contributed by atoms with Gasteiger partial charge in [0.1, 0.15) is 6.54 Å². The average Bonchev–Trinajstić information content (AvgIpc) is 2.79. The minimum Gasteiger partial charge on any atom is -0.465 e. The van der Waals surface area contributed by atoms with E-state index in [4.69, 9.17) is 16.3 Å². The summed E-state index contributed by atoms with van der Waals surface area (Å²) in [5.41, 5.74) is 0.961. The van der Waals surface area contributed by atoms with Crippen molar-refractivity contribution in [1.29, 1.82) is 0 Å². The molecule has 0 aliphatic carbocycles. The number of hydrogen-bond donors (Lipinski definition) is 1. The molecule has 1 atom stereocenters. The molecule has 2 amide bonds. The number of hydrogen-bond acceptors (Lipinski definition) is 3. The topological polar surface area (TPSA) is 58.6 Å². The van der Waals surface area contributed by atoms with Crippen LogP contribution in [0.5, 0.6) is 0 Å². The molecule has 1 aromatic carbocycles. The molecule has 0 spiro atoms. The Kier molecular flexibility index (Phi) is 6.71. The molecule has 1 saturated heterocycles.